The molecule has 0 aliphatic rings. The number of benzene rings is 1. The highest BCUT2D eigenvalue weighted by molar-refractivity contribution is 6.31. The van der Waals surface area contributed by atoms with Crippen LogP contribution in [0.5, 0.6) is 0 Å². The van der Waals surface area contributed by atoms with Crippen LogP contribution < -0.4 is 5.32 Å². The molecule has 1 amide bonds. The third-order valence-electron chi connectivity index (χ3n) is 3.18. The normalized spacial score (nSPS) is 14.2. The first kappa shape index (κ1) is 14.9. The summed E-state index contributed by atoms with van der Waals surface area (Å²) >= 11 is 5.91. The van der Waals surface area contributed by atoms with E-state index in [1.54, 1.807) is 25.1 Å². The van der Waals surface area contributed by atoms with Crippen LogP contribution in [0.2, 0.25) is 5.02 Å². The number of rotatable bonds is 5. The van der Waals surface area contributed by atoms with Crippen molar-refractivity contribution in [3.8, 4) is 0 Å². The maximum absolute atomic E-state index is 12.1. The van der Waals surface area contributed by atoms with Crippen molar-refractivity contribution in [3.63, 3.8) is 0 Å². The van der Waals surface area contributed by atoms with E-state index in [0.29, 0.717) is 23.7 Å². The first-order valence-electron chi connectivity index (χ1n) is 6.70. The number of nitrogens with one attached hydrogen (secondary N) is 2. The fraction of sp³-hybridized carbons (Fsp3) is 0.400. The van der Waals surface area contributed by atoms with Gasteiger partial charge in [0, 0.05) is 22.5 Å². The second-order valence-corrected chi connectivity index (χ2v) is 5.75. The average Bonchev–Trinajstić information content (AvgIpc) is 2.78. The van der Waals surface area contributed by atoms with Gasteiger partial charge in [0.2, 0.25) is 0 Å². The number of halogens is 1. The molecule has 2 atom stereocenters. The van der Waals surface area contributed by atoms with Crippen LogP contribution in [-0.2, 0) is 0 Å². The Morgan fingerprint density at radius 2 is 2.15 bits per heavy atom. The number of aliphatic hydroxyl groups excluding tert-OH is 1. The van der Waals surface area contributed by atoms with Gasteiger partial charge >= 0.3 is 0 Å². The van der Waals surface area contributed by atoms with Crippen LogP contribution >= 0.6 is 11.6 Å². The van der Waals surface area contributed by atoms with E-state index in [9.17, 15) is 9.90 Å². The molecule has 2 aromatic rings. The number of carbonyl (C=O) groups excluding carboxylic acids is 1. The molecule has 2 unspecified atom stereocenters. The van der Waals surface area contributed by atoms with Gasteiger partial charge in [0.25, 0.3) is 5.91 Å². The Hall–Kier alpha value is -1.52. The fourth-order valence-electron chi connectivity index (χ4n) is 2.25. The van der Waals surface area contributed by atoms with Crippen molar-refractivity contribution in [1.29, 1.82) is 0 Å². The zero-order valence-electron chi connectivity index (χ0n) is 11.6. The lowest BCUT2D eigenvalue weighted by atomic mass is 10.0. The lowest BCUT2D eigenvalue weighted by molar-refractivity contribution is 0.0935. The topological polar surface area (TPSA) is 65.1 Å². The highest BCUT2D eigenvalue weighted by atomic mass is 35.5. The van der Waals surface area contributed by atoms with Gasteiger partial charge in [-0.2, -0.15) is 0 Å². The zero-order chi connectivity index (χ0) is 14.7. The molecule has 0 saturated carbocycles. The van der Waals surface area contributed by atoms with Crippen LogP contribution in [0.4, 0.5) is 0 Å². The molecule has 1 aromatic heterocycles. The summed E-state index contributed by atoms with van der Waals surface area (Å²) in [5, 5.41) is 13.8. The second kappa shape index (κ2) is 6.29. The van der Waals surface area contributed by atoms with E-state index < -0.39 is 0 Å². The van der Waals surface area contributed by atoms with E-state index >= 15 is 0 Å². The summed E-state index contributed by atoms with van der Waals surface area (Å²) in [5.74, 6) is 0.0903. The molecule has 1 heterocycles. The third kappa shape index (κ3) is 3.74. The summed E-state index contributed by atoms with van der Waals surface area (Å²) in [6, 6.07) is 7.27. The predicted octanol–water partition coefficient (Wildman–Crippen LogP) is 2.96. The largest absolute Gasteiger partial charge is 0.393 e. The van der Waals surface area contributed by atoms with E-state index in [-0.39, 0.29) is 17.9 Å². The first-order valence-corrected chi connectivity index (χ1v) is 7.08. The molecular weight excluding hydrogens is 276 g/mol. The standard InChI is InChI=1S/C15H19ClN2O2/c1-9(5-10(2)19)8-17-15(20)14-6-11-3-4-12(16)7-13(11)18-14/h3-4,6-7,9-10,18-19H,5,8H2,1-2H3,(H,17,20). The predicted molar refractivity (Wildman–Crippen MR) is 81.1 cm³/mol. The van der Waals surface area contributed by atoms with Crippen molar-refractivity contribution in [2.45, 2.75) is 26.4 Å². The summed E-state index contributed by atoms with van der Waals surface area (Å²) < 4.78 is 0. The second-order valence-electron chi connectivity index (χ2n) is 5.31. The highest BCUT2D eigenvalue weighted by Crippen LogP contribution is 2.19. The summed E-state index contributed by atoms with van der Waals surface area (Å²) in [6.45, 7) is 4.29. The van der Waals surface area contributed by atoms with Crippen LogP contribution in [0.1, 0.15) is 30.8 Å². The minimum Gasteiger partial charge on any atom is -0.393 e. The van der Waals surface area contributed by atoms with Gasteiger partial charge in [-0.3, -0.25) is 4.79 Å². The van der Waals surface area contributed by atoms with Gasteiger partial charge in [-0.1, -0.05) is 24.6 Å². The summed E-state index contributed by atoms with van der Waals surface area (Å²) in [5.41, 5.74) is 1.37. The molecule has 0 bridgehead atoms. The molecule has 108 valence electrons. The van der Waals surface area contributed by atoms with Crippen molar-refractivity contribution in [3.05, 3.63) is 35.0 Å². The van der Waals surface area contributed by atoms with E-state index in [1.165, 1.54) is 0 Å². The highest BCUT2D eigenvalue weighted by Gasteiger charge is 2.12. The van der Waals surface area contributed by atoms with E-state index in [1.807, 2.05) is 13.0 Å². The molecule has 0 aliphatic heterocycles. The molecule has 2 rings (SSSR count). The Labute approximate surface area is 123 Å². The summed E-state index contributed by atoms with van der Waals surface area (Å²) in [7, 11) is 0. The van der Waals surface area contributed by atoms with Crippen LogP contribution in [0, 0.1) is 5.92 Å². The molecule has 5 heteroatoms. The number of H-pyrrole nitrogens is 1. The van der Waals surface area contributed by atoms with Crippen LogP contribution in [0.3, 0.4) is 0 Å². The van der Waals surface area contributed by atoms with Gasteiger partial charge in [0.15, 0.2) is 0 Å². The van der Waals surface area contributed by atoms with Gasteiger partial charge in [0.1, 0.15) is 5.69 Å². The first-order chi connectivity index (χ1) is 9.45. The van der Waals surface area contributed by atoms with Crippen molar-refractivity contribution >= 4 is 28.4 Å². The van der Waals surface area contributed by atoms with Gasteiger partial charge < -0.3 is 15.4 Å². The molecule has 0 radical (unpaired) electrons. The SMILES string of the molecule is CC(O)CC(C)CNC(=O)c1cc2ccc(Cl)cc2[nH]1. The Morgan fingerprint density at radius 1 is 1.40 bits per heavy atom. The molecule has 20 heavy (non-hydrogen) atoms. The van der Waals surface area contributed by atoms with Gasteiger partial charge in [-0.15, -0.1) is 0 Å². The molecule has 3 N–H and O–H groups in total. The van der Waals surface area contributed by atoms with Gasteiger partial charge in [-0.05, 0) is 37.5 Å². The van der Waals surface area contributed by atoms with Crippen molar-refractivity contribution in [2.24, 2.45) is 5.92 Å². The van der Waals surface area contributed by atoms with Crippen LogP contribution in [-0.4, -0.2) is 28.6 Å². The van der Waals surface area contributed by atoms with Gasteiger partial charge in [0.05, 0.1) is 6.10 Å². The number of hydrogen-bond donors (Lipinski definition) is 3. The maximum atomic E-state index is 12.1. The Bertz CT molecular complexity index is 607. The minimum absolute atomic E-state index is 0.144. The Balaban J connectivity index is 2.00. The number of fused-ring (bicyclic) bond motifs is 1. The molecular formula is C15H19ClN2O2. The summed E-state index contributed by atoms with van der Waals surface area (Å²) in [4.78, 5) is 15.1. The minimum atomic E-state index is -0.350. The molecule has 4 nitrogen and oxygen atoms in total. The molecule has 0 fully saturated rings. The fourth-order valence-corrected chi connectivity index (χ4v) is 2.42. The quantitative estimate of drug-likeness (QED) is 0.794. The van der Waals surface area contributed by atoms with Crippen LogP contribution in [0.25, 0.3) is 10.9 Å². The number of hydrogen-bond acceptors (Lipinski definition) is 2. The molecule has 1 aromatic carbocycles. The molecule has 0 spiro atoms. The lowest BCUT2D eigenvalue weighted by Crippen LogP contribution is -2.29. The zero-order valence-corrected chi connectivity index (χ0v) is 12.4. The number of carbonyl (C=O) groups is 1. The Kier molecular flexibility index (Phi) is 4.68. The number of aliphatic hydroxyl groups is 1. The Morgan fingerprint density at radius 3 is 2.85 bits per heavy atom. The lowest BCUT2D eigenvalue weighted by Gasteiger charge is -2.13. The van der Waals surface area contributed by atoms with E-state index in [0.717, 1.165) is 10.9 Å². The maximum Gasteiger partial charge on any atom is 0.267 e. The summed E-state index contributed by atoms with van der Waals surface area (Å²) in [6.07, 6.45) is 0.319. The molecule has 0 aliphatic carbocycles. The van der Waals surface area contributed by atoms with E-state index in [2.05, 4.69) is 10.3 Å². The number of aromatic amines is 1. The van der Waals surface area contributed by atoms with E-state index in [4.69, 9.17) is 11.6 Å². The number of amides is 1. The van der Waals surface area contributed by atoms with Crippen molar-refractivity contribution in [1.82, 2.24) is 10.3 Å². The molecule has 0 saturated heterocycles. The van der Waals surface area contributed by atoms with Gasteiger partial charge in [-0.25, -0.2) is 0 Å². The average molecular weight is 295 g/mol. The third-order valence-corrected chi connectivity index (χ3v) is 3.42. The van der Waals surface area contributed by atoms with Crippen molar-refractivity contribution < 1.29 is 9.90 Å². The van der Waals surface area contributed by atoms with Crippen LogP contribution in [0.15, 0.2) is 24.3 Å². The number of aromatic nitrogens is 1. The monoisotopic (exact) mass is 294 g/mol. The smallest absolute Gasteiger partial charge is 0.267 e. The van der Waals surface area contributed by atoms with Crippen molar-refractivity contribution in [2.75, 3.05) is 6.54 Å².